The number of rotatable bonds is 4. The number of hydrogen-bond donors (Lipinski definition) is 1. The Bertz CT molecular complexity index is 1070. The van der Waals surface area contributed by atoms with Gasteiger partial charge in [0.1, 0.15) is 17.7 Å². The molecule has 2 saturated carbocycles. The maximum Gasteiger partial charge on any atom is 0.305 e. The number of carbonyl (C=O) groups is 5. The van der Waals surface area contributed by atoms with E-state index in [0.29, 0.717) is 19.3 Å². The summed E-state index contributed by atoms with van der Waals surface area (Å²) in [5, 5.41) is 11.6. The Morgan fingerprint density at radius 2 is 1.66 bits per heavy atom. The molecule has 0 aliphatic heterocycles. The van der Waals surface area contributed by atoms with Gasteiger partial charge in [0.25, 0.3) is 0 Å². The Labute approximate surface area is 207 Å². The van der Waals surface area contributed by atoms with E-state index >= 15 is 0 Å². The highest BCUT2D eigenvalue weighted by Gasteiger charge is 2.73. The molecule has 0 aromatic rings. The number of ketones is 4. The fraction of sp³-hybridized carbons (Fsp3) is 0.750. The van der Waals surface area contributed by atoms with Crippen molar-refractivity contribution in [3.8, 4) is 0 Å². The molecule has 0 aromatic heterocycles. The Kier molecular flexibility index (Phi) is 5.87. The number of Topliss-reactive ketones (excluding diaryl/α,β-unsaturated/α-hetero) is 4. The van der Waals surface area contributed by atoms with Crippen LogP contribution < -0.4 is 0 Å². The summed E-state index contributed by atoms with van der Waals surface area (Å²) in [6.45, 7) is 11.0. The van der Waals surface area contributed by atoms with Gasteiger partial charge in [-0.3, -0.25) is 24.0 Å². The zero-order valence-electron chi connectivity index (χ0n) is 21.9. The van der Waals surface area contributed by atoms with Crippen molar-refractivity contribution in [3.63, 3.8) is 0 Å². The number of allylic oxidation sites excluding steroid dienone is 1. The van der Waals surface area contributed by atoms with E-state index < -0.39 is 33.5 Å². The molecule has 0 radical (unpaired) electrons. The summed E-state index contributed by atoms with van der Waals surface area (Å²) < 4.78 is 4.76. The molecular weight excluding hydrogens is 448 g/mol. The first-order valence-corrected chi connectivity index (χ1v) is 12.7. The quantitative estimate of drug-likeness (QED) is 0.606. The molecule has 2 fully saturated rings. The van der Waals surface area contributed by atoms with Gasteiger partial charge in [-0.1, -0.05) is 34.6 Å². The predicted molar refractivity (Wildman–Crippen MR) is 127 cm³/mol. The van der Waals surface area contributed by atoms with Crippen molar-refractivity contribution >= 4 is 29.1 Å². The molecule has 7 atom stereocenters. The third-order valence-corrected chi connectivity index (χ3v) is 10.8. The SMILES string of the molecule is COC(=O)CCC(C)[C@H]1CC(=O)[C@@]2(C)C3=C(C(=O)[C@H](O)[C@]12C)[C@@]1(C)CCC(=O)C(C)(C)[C@@H]1CC3=O. The normalized spacial score (nSPS) is 41.3. The van der Waals surface area contributed by atoms with Crippen LogP contribution >= 0.6 is 0 Å². The van der Waals surface area contributed by atoms with Gasteiger partial charge >= 0.3 is 5.97 Å². The lowest BCUT2D eigenvalue weighted by Crippen LogP contribution is -2.64. The highest BCUT2D eigenvalue weighted by atomic mass is 16.5. The van der Waals surface area contributed by atoms with Crippen molar-refractivity contribution in [1.29, 1.82) is 0 Å². The van der Waals surface area contributed by atoms with Gasteiger partial charge in [-0.15, -0.1) is 0 Å². The molecule has 35 heavy (non-hydrogen) atoms. The zero-order chi connectivity index (χ0) is 26.3. The Hall–Kier alpha value is -2.15. The molecule has 192 valence electrons. The smallest absolute Gasteiger partial charge is 0.305 e. The van der Waals surface area contributed by atoms with Gasteiger partial charge in [0.05, 0.1) is 12.5 Å². The minimum atomic E-state index is -1.45. The number of esters is 1. The fourth-order valence-corrected chi connectivity index (χ4v) is 8.31. The average Bonchev–Trinajstić information content (AvgIpc) is 3.01. The van der Waals surface area contributed by atoms with E-state index in [1.807, 2.05) is 27.7 Å². The maximum atomic E-state index is 14.0. The monoisotopic (exact) mass is 486 g/mol. The highest BCUT2D eigenvalue weighted by molar-refractivity contribution is 6.18. The number of carbonyl (C=O) groups excluding carboxylic acids is 5. The molecule has 4 aliphatic rings. The molecule has 4 aliphatic carbocycles. The Morgan fingerprint density at radius 3 is 2.26 bits per heavy atom. The molecule has 7 heteroatoms. The van der Waals surface area contributed by atoms with Crippen molar-refractivity contribution < 1.29 is 33.8 Å². The number of fused-ring (bicyclic) bond motifs is 4. The molecule has 1 N–H and O–H groups in total. The zero-order valence-corrected chi connectivity index (χ0v) is 21.9. The summed E-state index contributed by atoms with van der Waals surface area (Å²) in [4.78, 5) is 66.1. The summed E-state index contributed by atoms with van der Waals surface area (Å²) in [7, 11) is 1.32. The van der Waals surface area contributed by atoms with E-state index in [0.717, 1.165) is 0 Å². The van der Waals surface area contributed by atoms with E-state index in [2.05, 4.69) is 0 Å². The largest absolute Gasteiger partial charge is 0.469 e. The second-order valence-corrected chi connectivity index (χ2v) is 12.5. The number of aliphatic hydroxyl groups excluding tert-OH is 1. The van der Waals surface area contributed by atoms with Gasteiger partial charge in [-0.25, -0.2) is 0 Å². The van der Waals surface area contributed by atoms with Crippen LogP contribution in [-0.2, 0) is 28.7 Å². The van der Waals surface area contributed by atoms with Crippen molar-refractivity contribution in [1.82, 2.24) is 0 Å². The summed E-state index contributed by atoms with van der Waals surface area (Å²) in [6.07, 6.45) is 0.135. The lowest BCUT2D eigenvalue weighted by molar-refractivity contribution is -0.158. The lowest BCUT2D eigenvalue weighted by atomic mass is 9.42. The van der Waals surface area contributed by atoms with Crippen LogP contribution in [0.2, 0.25) is 0 Å². The van der Waals surface area contributed by atoms with E-state index in [1.54, 1.807) is 13.8 Å². The topological polar surface area (TPSA) is 115 Å². The molecular formula is C28H38O7. The molecule has 1 unspecified atom stereocenters. The van der Waals surface area contributed by atoms with Crippen LogP contribution in [0, 0.1) is 39.4 Å². The molecule has 0 bridgehead atoms. The van der Waals surface area contributed by atoms with E-state index in [1.165, 1.54) is 7.11 Å². The van der Waals surface area contributed by atoms with Crippen LogP contribution in [0.25, 0.3) is 0 Å². The molecule has 0 spiro atoms. The van der Waals surface area contributed by atoms with Crippen molar-refractivity contribution in [3.05, 3.63) is 11.1 Å². The van der Waals surface area contributed by atoms with Gasteiger partial charge in [0.2, 0.25) is 0 Å². The van der Waals surface area contributed by atoms with E-state index in [4.69, 9.17) is 4.74 Å². The highest BCUT2D eigenvalue weighted by Crippen LogP contribution is 2.69. The number of methoxy groups -OCH3 is 1. The van der Waals surface area contributed by atoms with Crippen LogP contribution in [0.4, 0.5) is 0 Å². The second-order valence-electron chi connectivity index (χ2n) is 12.5. The standard InChI is InChI=1S/C28H38O7/c1-14(8-9-20(32)35-7)15-12-19(31)28(6)21-16(29)13-17-25(2,3)18(30)10-11-26(17,4)22(21)23(33)24(34)27(15,28)5/h14-15,17,24,34H,8-13H2,1-7H3/t14?,15-,17+,24+,26+,27+,28+/m1/s1. The fourth-order valence-electron chi connectivity index (χ4n) is 8.31. The van der Waals surface area contributed by atoms with Gasteiger partial charge in [-0.05, 0) is 37.5 Å². The summed E-state index contributed by atoms with van der Waals surface area (Å²) in [5.74, 6) is -2.04. The maximum absolute atomic E-state index is 14.0. The third-order valence-electron chi connectivity index (χ3n) is 10.8. The second kappa shape index (κ2) is 7.92. The summed E-state index contributed by atoms with van der Waals surface area (Å²) in [5.41, 5.74) is -3.48. The molecule has 0 heterocycles. The molecule has 0 amide bonds. The van der Waals surface area contributed by atoms with E-state index in [-0.39, 0.29) is 71.5 Å². The number of ether oxygens (including phenoxy) is 1. The first-order valence-electron chi connectivity index (χ1n) is 12.7. The van der Waals surface area contributed by atoms with E-state index in [9.17, 15) is 29.1 Å². The van der Waals surface area contributed by atoms with Crippen LogP contribution in [0.3, 0.4) is 0 Å². The van der Waals surface area contributed by atoms with Crippen LogP contribution in [0.5, 0.6) is 0 Å². The van der Waals surface area contributed by atoms with Gasteiger partial charge < -0.3 is 9.84 Å². The predicted octanol–water partition coefficient (Wildman–Crippen LogP) is 3.40. The minimum absolute atomic E-state index is 0.0770. The number of aliphatic hydroxyl groups is 1. The number of hydrogen-bond acceptors (Lipinski definition) is 7. The molecule has 0 aromatic carbocycles. The summed E-state index contributed by atoms with van der Waals surface area (Å²) >= 11 is 0. The van der Waals surface area contributed by atoms with Crippen molar-refractivity contribution in [2.75, 3.05) is 7.11 Å². The molecule has 7 nitrogen and oxygen atoms in total. The van der Waals surface area contributed by atoms with Gasteiger partial charge in [0.15, 0.2) is 11.6 Å². The van der Waals surface area contributed by atoms with Gasteiger partial charge in [0, 0.05) is 53.1 Å². The average molecular weight is 487 g/mol. The Balaban J connectivity index is 1.88. The van der Waals surface area contributed by atoms with Crippen molar-refractivity contribution in [2.45, 2.75) is 86.2 Å². The first kappa shape index (κ1) is 25.9. The Morgan fingerprint density at radius 1 is 1.03 bits per heavy atom. The lowest BCUT2D eigenvalue weighted by Gasteiger charge is -2.59. The van der Waals surface area contributed by atoms with Crippen LogP contribution in [0.1, 0.15) is 80.1 Å². The minimum Gasteiger partial charge on any atom is -0.469 e. The van der Waals surface area contributed by atoms with Gasteiger partial charge in [-0.2, -0.15) is 0 Å². The van der Waals surface area contributed by atoms with Crippen LogP contribution in [0.15, 0.2) is 11.1 Å². The first-order chi connectivity index (χ1) is 16.1. The van der Waals surface area contributed by atoms with Crippen molar-refractivity contribution in [2.24, 2.45) is 39.4 Å². The van der Waals surface area contributed by atoms with Crippen LogP contribution in [-0.4, -0.2) is 47.4 Å². The molecule has 0 saturated heterocycles. The molecule has 4 rings (SSSR count). The third kappa shape index (κ3) is 3.09. The summed E-state index contributed by atoms with van der Waals surface area (Å²) in [6, 6.07) is 0.